The highest BCUT2D eigenvalue weighted by Gasteiger charge is 2.04. The highest BCUT2D eigenvalue weighted by molar-refractivity contribution is 5.87. The molecule has 0 amide bonds. The first kappa shape index (κ1) is 11.0. The topological polar surface area (TPSA) is 9.23 Å². The lowest BCUT2D eigenvalue weighted by Crippen LogP contribution is -1.95. The molecule has 1 unspecified atom stereocenters. The van der Waals surface area contributed by atoms with Crippen molar-refractivity contribution in [2.75, 3.05) is 7.11 Å². The van der Waals surface area contributed by atoms with Crippen molar-refractivity contribution >= 4 is 10.8 Å². The van der Waals surface area contributed by atoms with Gasteiger partial charge in [-0.3, -0.25) is 0 Å². The van der Waals surface area contributed by atoms with Gasteiger partial charge in [0.2, 0.25) is 0 Å². The molecule has 0 aromatic heterocycles. The van der Waals surface area contributed by atoms with Gasteiger partial charge in [-0.05, 0) is 40.8 Å². The van der Waals surface area contributed by atoms with Crippen molar-refractivity contribution in [1.82, 2.24) is 0 Å². The number of benzene rings is 2. The van der Waals surface area contributed by atoms with Crippen molar-refractivity contribution in [2.24, 2.45) is 5.92 Å². The van der Waals surface area contributed by atoms with Crippen LogP contribution in [0.5, 0.6) is 5.75 Å². The van der Waals surface area contributed by atoms with E-state index in [4.69, 9.17) is 4.74 Å². The van der Waals surface area contributed by atoms with Crippen LogP contribution in [0.2, 0.25) is 0 Å². The minimum atomic E-state index is 0.428. The number of rotatable bonds is 3. The van der Waals surface area contributed by atoms with Gasteiger partial charge >= 0.3 is 0 Å². The normalized spacial score (nSPS) is 11.0. The molecular weight excluding hydrogens is 196 g/mol. The summed E-state index contributed by atoms with van der Waals surface area (Å²) in [7, 11) is 1.70. The lowest BCUT2D eigenvalue weighted by Gasteiger charge is -2.10. The van der Waals surface area contributed by atoms with Crippen molar-refractivity contribution in [3.05, 3.63) is 48.9 Å². The fourth-order valence-electron chi connectivity index (χ4n) is 2.00. The second-order valence-corrected chi connectivity index (χ2v) is 4.31. The van der Waals surface area contributed by atoms with Gasteiger partial charge < -0.3 is 4.74 Å². The van der Waals surface area contributed by atoms with Crippen molar-refractivity contribution in [3.8, 4) is 5.75 Å². The van der Waals surface area contributed by atoms with Gasteiger partial charge in [0.25, 0.3) is 0 Å². The van der Waals surface area contributed by atoms with E-state index in [1.807, 2.05) is 6.07 Å². The van der Waals surface area contributed by atoms with E-state index in [0.717, 1.165) is 12.2 Å². The molecule has 1 radical (unpaired) electrons. The molecule has 2 aromatic carbocycles. The standard InChI is InChI=1S/C15H17O/c1-11(2)9-13-6-4-5-12-7-8-14(16-3)10-15(12)13/h4-8,10-11H,1,9H2,2-3H3. The van der Waals surface area contributed by atoms with Gasteiger partial charge in [-0.25, -0.2) is 0 Å². The predicted molar refractivity (Wildman–Crippen MR) is 68.7 cm³/mol. The molecule has 0 aliphatic carbocycles. The number of hydrogen-bond donors (Lipinski definition) is 0. The van der Waals surface area contributed by atoms with Crippen molar-refractivity contribution < 1.29 is 4.74 Å². The van der Waals surface area contributed by atoms with Gasteiger partial charge in [0.1, 0.15) is 5.75 Å². The Bertz CT molecular complexity index is 486. The van der Waals surface area contributed by atoms with E-state index in [9.17, 15) is 0 Å². The average molecular weight is 213 g/mol. The van der Waals surface area contributed by atoms with E-state index in [0.29, 0.717) is 5.92 Å². The summed E-state index contributed by atoms with van der Waals surface area (Å²) in [5, 5.41) is 2.54. The van der Waals surface area contributed by atoms with Gasteiger partial charge in [0, 0.05) is 0 Å². The van der Waals surface area contributed by atoms with Crippen molar-refractivity contribution in [2.45, 2.75) is 13.3 Å². The van der Waals surface area contributed by atoms with E-state index < -0.39 is 0 Å². The summed E-state index contributed by atoms with van der Waals surface area (Å²) in [5.74, 6) is 1.34. The van der Waals surface area contributed by atoms with Gasteiger partial charge in [0.05, 0.1) is 7.11 Å². The second-order valence-electron chi connectivity index (χ2n) is 4.31. The van der Waals surface area contributed by atoms with Gasteiger partial charge in [0.15, 0.2) is 0 Å². The predicted octanol–water partition coefficient (Wildman–Crippen LogP) is 3.86. The van der Waals surface area contributed by atoms with Crippen LogP contribution in [0.1, 0.15) is 12.5 Å². The highest BCUT2D eigenvalue weighted by atomic mass is 16.5. The van der Waals surface area contributed by atoms with E-state index in [1.54, 1.807) is 7.11 Å². The number of hydrogen-bond acceptors (Lipinski definition) is 1. The summed E-state index contributed by atoms with van der Waals surface area (Å²) >= 11 is 0. The monoisotopic (exact) mass is 213 g/mol. The zero-order chi connectivity index (χ0) is 11.5. The maximum atomic E-state index is 5.27. The van der Waals surface area contributed by atoms with Crippen LogP contribution in [0.4, 0.5) is 0 Å². The summed E-state index contributed by atoms with van der Waals surface area (Å²) < 4.78 is 5.27. The zero-order valence-electron chi connectivity index (χ0n) is 9.86. The summed E-state index contributed by atoms with van der Waals surface area (Å²) in [6.45, 7) is 6.19. The lowest BCUT2D eigenvalue weighted by atomic mass is 9.97. The van der Waals surface area contributed by atoms with Crippen molar-refractivity contribution in [1.29, 1.82) is 0 Å². The average Bonchev–Trinajstić information content (AvgIpc) is 2.28. The van der Waals surface area contributed by atoms with E-state index in [-0.39, 0.29) is 0 Å². The molecule has 1 atom stereocenters. The minimum absolute atomic E-state index is 0.428. The molecule has 16 heavy (non-hydrogen) atoms. The molecular formula is C15H17O. The second kappa shape index (κ2) is 4.56. The first-order chi connectivity index (χ1) is 7.70. The van der Waals surface area contributed by atoms with Crippen LogP contribution in [-0.2, 0) is 6.42 Å². The van der Waals surface area contributed by atoms with Crippen LogP contribution in [0.3, 0.4) is 0 Å². The Morgan fingerprint density at radius 2 is 2.06 bits per heavy atom. The molecule has 0 spiro atoms. The zero-order valence-corrected chi connectivity index (χ0v) is 9.86. The SMILES string of the molecule is [CH2]C(C)Cc1cccc2ccc(OC)cc12. The largest absolute Gasteiger partial charge is 0.497 e. The smallest absolute Gasteiger partial charge is 0.119 e. The molecule has 0 heterocycles. The number of methoxy groups -OCH3 is 1. The molecule has 2 aromatic rings. The summed E-state index contributed by atoms with van der Waals surface area (Å²) in [5.41, 5.74) is 1.35. The molecule has 2 rings (SSSR count). The third kappa shape index (κ3) is 2.19. The molecule has 1 nitrogen and oxygen atoms in total. The van der Waals surface area contributed by atoms with Gasteiger partial charge in [-0.15, -0.1) is 0 Å². The number of fused-ring (bicyclic) bond motifs is 1. The first-order valence-corrected chi connectivity index (χ1v) is 5.59. The highest BCUT2D eigenvalue weighted by Crippen LogP contribution is 2.25. The Morgan fingerprint density at radius 1 is 1.25 bits per heavy atom. The minimum Gasteiger partial charge on any atom is -0.497 e. The van der Waals surface area contributed by atoms with E-state index in [1.165, 1.54) is 16.3 Å². The van der Waals surface area contributed by atoms with Crippen LogP contribution >= 0.6 is 0 Å². The van der Waals surface area contributed by atoms with Crippen LogP contribution < -0.4 is 4.74 Å². The Labute approximate surface area is 97.1 Å². The number of ether oxygens (including phenoxy) is 1. The summed E-state index contributed by atoms with van der Waals surface area (Å²) in [6, 6.07) is 12.6. The quantitative estimate of drug-likeness (QED) is 0.752. The van der Waals surface area contributed by atoms with Crippen LogP contribution in [0.25, 0.3) is 10.8 Å². The molecule has 1 heteroatoms. The first-order valence-electron chi connectivity index (χ1n) is 5.59. The molecule has 0 fully saturated rings. The molecule has 0 saturated carbocycles. The molecule has 0 bridgehead atoms. The fraction of sp³-hybridized carbons (Fsp3) is 0.267. The van der Waals surface area contributed by atoms with Crippen LogP contribution in [0.15, 0.2) is 36.4 Å². The Balaban J connectivity index is 2.55. The van der Waals surface area contributed by atoms with Crippen molar-refractivity contribution in [3.63, 3.8) is 0 Å². The third-order valence-corrected chi connectivity index (χ3v) is 2.75. The molecule has 83 valence electrons. The van der Waals surface area contributed by atoms with E-state index in [2.05, 4.69) is 44.2 Å². The molecule has 0 aliphatic heterocycles. The van der Waals surface area contributed by atoms with Gasteiger partial charge in [-0.1, -0.05) is 38.1 Å². The lowest BCUT2D eigenvalue weighted by molar-refractivity contribution is 0.415. The Morgan fingerprint density at radius 3 is 2.75 bits per heavy atom. The fourth-order valence-corrected chi connectivity index (χ4v) is 2.00. The molecule has 0 aliphatic rings. The summed E-state index contributed by atoms with van der Waals surface area (Å²) in [4.78, 5) is 0. The van der Waals surface area contributed by atoms with E-state index >= 15 is 0 Å². The summed E-state index contributed by atoms with van der Waals surface area (Å²) in [6.07, 6.45) is 1.00. The maximum Gasteiger partial charge on any atom is 0.119 e. The Hall–Kier alpha value is -1.50. The molecule has 0 saturated heterocycles. The third-order valence-electron chi connectivity index (χ3n) is 2.75. The van der Waals surface area contributed by atoms with Crippen LogP contribution in [-0.4, -0.2) is 7.11 Å². The Kier molecular flexibility index (Phi) is 3.14. The molecule has 0 N–H and O–H groups in total. The van der Waals surface area contributed by atoms with Crippen LogP contribution in [0, 0.1) is 12.8 Å². The van der Waals surface area contributed by atoms with Gasteiger partial charge in [-0.2, -0.15) is 0 Å². The maximum absolute atomic E-state index is 5.27.